The fourth-order valence-corrected chi connectivity index (χ4v) is 2.70. The van der Waals surface area contributed by atoms with Gasteiger partial charge in [-0.25, -0.2) is 0 Å². The van der Waals surface area contributed by atoms with Gasteiger partial charge in [-0.15, -0.1) is 0 Å². The van der Waals surface area contributed by atoms with E-state index in [2.05, 4.69) is 10.6 Å². The third-order valence-corrected chi connectivity index (χ3v) is 4.03. The summed E-state index contributed by atoms with van der Waals surface area (Å²) in [5.41, 5.74) is 2.40. The molecule has 3 rings (SSSR count). The van der Waals surface area contributed by atoms with Crippen LogP contribution in [0.15, 0.2) is 78.9 Å². The van der Waals surface area contributed by atoms with Crippen LogP contribution in [0.4, 0.5) is 5.69 Å². The highest BCUT2D eigenvalue weighted by molar-refractivity contribution is 6.04. The van der Waals surface area contributed by atoms with Crippen LogP contribution in [0.3, 0.4) is 0 Å². The Labute approximate surface area is 168 Å². The minimum absolute atomic E-state index is 0.165. The zero-order chi connectivity index (χ0) is 20.6. The largest absolute Gasteiger partial charge is 0.427 e. The van der Waals surface area contributed by atoms with Gasteiger partial charge >= 0.3 is 5.97 Å². The summed E-state index contributed by atoms with van der Waals surface area (Å²) in [4.78, 5) is 35.7. The van der Waals surface area contributed by atoms with Gasteiger partial charge in [0, 0.05) is 30.3 Å². The molecule has 0 radical (unpaired) electrons. The van der Waals surface area contributed by atoms with E-state index in [1.807, 2.05) is 24.3 Å². The van der Waals surface area contributed by atoms with Crippen LogP contribution in [-0.4, -0.2) is 17.8 Å². The molecular formula is C23H20N2O4. The van der Waals surface area contributed by atoms with Crippen LogP contribution < -0.4 is 15.4 Å². The van der Waals surface area contributed by atoms with Gasteiger partial charge in [0.1, 0.15) is 5.75 Å². The summed E-state index contributed by atoms with van der Waals surface area (Å²) in [6, 6.07) is 22.6. The van der Waals surface area contributed by atoms with Crippen LogP contribution in [0, 0.1) is 0 Å². The number of hydrogen-bond donors (Lipinski definition) is 2. The number of anilines is 1. The summed E-state index contributed by atoms with van der Waals surface area (Å²) < 4.78 is 5.01. The van der Waals surface area contributed by atoms with E-state index in [0.29, 0.717) is 29.1 Å². The van der Waals surface area contributed by atoms with Crippen LogP contribution in [0.25, 0.3) is 0 Å². The van der Waals surface area contributed by atoms with Gasteiger partial charge in [0.15, 0.2) is 0 Å². The molecule has 0 heterocycles. The van der Waals surface area contributed by atoms with Crippen LogP contribution >= 0.6 is 0 Å². The van der Waals surface area contributed by atoms with Crippen molar-refractivity contribution in [3.05, 3.63) is 95.6 Å². The maximum absolute atomic E-state index is 12.5. The maximum Gasteiger partial charge on any atom is 0.308 e. The Kier molecular flexibility index (Phi) is 6.37. The summed E-state index contributed by atoms with van der Waals surface area (Å²) in [6.45, 7) is 1.63. The van der Waals surface area contributed by atoms with Crippen LogP contribution in [0.1, 0.15) is 33.2 Å². The van der Waals surface area contributed by atoms with E-state index in [1.165, 1.54) is 13.0 Å². The highest BCUT2D eigenvalue weighted by Gasteiger charge is 2.09. The summed E-state index contributed by atoms with van der Waals surface area (Å²) in [7, 11) is 0. The first kappa shape index (κ1) is 19.8. The van der Waals surface area contributed by atoms with E-state index in [-0.39, 0.29) is 11.8 Å². The van der Waals surface area contributed by atoms with Crippen molar-refractivity contribution in [1.29, 1.82) is 0 Å². The van der Waals surface area contributed by atoms with Gasteiger partial charge in [-0.1, -0.05) is 36.4 Å². The molecule has 29 heavy (non-hydrogen) atoms. The van der Waals surface area contributed by atoms with Gasteiger partial charge in [-0.2, -0.15) is 0 Å². The van der Waals surface area contributed by atoms with Crippen molar-refractivity contribution >= 4 is 23.5 Å². The predicted molar refractivity (Wildman–Crippen MR) is 110 cm³/mol. The minimum Gasteiger partial charge on any atom is -0.427 e. The molecule has 0 aromatic heterocycles. The van der Waals surface area contributed by atoms with Gasteiger partial charge in [-0.05, 0) is 48.0 Å². The number of rotatable bonds is 6. The van der Waals surface area contributed by atoms with Crippen molar-refractivity contribution in [2.24, 2.45) is 0 Å². The predicted octanol–water partition coefficient (Wildman–Crippen LogP) is 3.79. The third kappa shape index (κ3) is 5.77. The minimum atomic E-state index is -0.451. The highest BCUT2D eigenvalue weighted by atomic mass is 16.5. The molecule has 0 bridgehead atoms. The van der Waals surface area contributed by atoms with Crippen molar-refractivity contribution < 1.29 is 19.1 Å². The maximum atomic E-state index is 12.5. The molecule has 0 atom stereocenters. The van der Waals surface area contributed by atoms with E-state index in [1.54, 1.807) is 48.5 Å². The summed E-state index contributed by atoms with van der Waals surface area (Å²) in [6.07, 6.45) is 0. The lowest BCUT2D eigenvalue weighted by atomic mass is 10.1. The summed E-state index contributed by atoms with van der Waals surface area (Å²) in [5.74, 6) is -0.637. The van der Waals surface area contributed by atoms with Crippen molar-refractivity contribution in [2.45, 2.75) is 13.5 Å². The van der Waals surface area contributed by atoms with Gasteiger partial charge in [0.2, 0.25) is 0 Å². The Morgan fingerprint density at radius 3 is 2.28 bits per heavy atom. The lowest BCUT2D eigenvalue weighted by molar-refractivity contribution is -0.131. The second kappa shape index (κ2) is 9.32. The van der Waals surface area contributed by atoms with Crippen LogP contribution in [-0.2, 0) is 11.3 Å². The second-order valence-corrected chi connectivity index (χ2v) is 6.32. The molecule has 0 aliphatic rings. The van der Waals surface area contributed by atoms with Crippen molar-refractivity contribution in [3.8, 4) is 5.75 Å². The van der Waals surface area contributed by atoms with E-state index in [4.69, 9.17) is 4.74 Å². The molecular weight excluding hydrogens is 368 g/mol. The first-order chi connectivity index (χ1) is 14.0. The van der Waals surface area contributed by atoms with Gasteiger partial charge in [0.25, 0.3) is 11.8 Å². The molecule has 0 unspecified atom stereocenters. The van der Waals surface area contributed by atoms with Crippen molar-refractivity contribution in [1.82, 2.24) is 5.32 Å². The Bertz CT molecular complexity index is 1030. The summed E-state index contributed by atoms with van der Waals surface area (Å²) >= 11 is 0. The topological polar surface area (TPSA) is 84.5 Å². The first-order valence-corrected chi connectivity index (χ1v) is 9.03. The fraction of sp³-hybridized carbons (Fsp3) is 0.0870. The third-order valence-electron chi connectivity index (χ3n) is 4.03. The number of ether oxygens (including phenoxy) is 1. The quantitative estimate of drug-likeness (QED) is 0.497. The average molecular weight is 388 g/mol. The van der Waals surface area contributed by atoms with Crippen molar-refractivity contribution in [2.75, 3.05) is 5.32 Å². The second-order valence-electron chi connectivity index (χ2n) is 6.32. The number of hydrogen-bond acceptors (Lipinski definition) is 4. The SMILES string of the molecule is CC(=O)Oc1cccc(C(=O)Nc2cccc(CNC(=O)c3ccccc3)c2)c1. The lowest BCUT2D eigenvalue weighted by Crippen LogP contribution is -2.22. The van der Waals surface area contributed by atoms with Gasteiger partial charge in [-0.3, -0.25) is 14.4 Å². The van der Waals surface area contributed by atoms with Crippen molar-refractivity contribution in [3.63, 3.8) is 0 Å². The molecule has 6 nitrogen and oxygen atoms in total. The molecule has 146 valence electrons. The number of amides is 2. The molecule has 0 aliphatic carbocycles. The normalized spacial score (nSPS) is 10.1. The van der Waals surface area contributed by atoms with Gasteiger partial charge < -0.3 is 15.4 Å². The highest BCUT2D eigenvalue weighted by Crippen LogP contribution is 2.16. The summed E-state index contributed by atoms with van der Waals surface area (Å²) in [5, 5.41) is 5.66. The van der Waals surface area contributed by atoms with E-state index in [0.717, 1.165) is 5.56 Å². The molecule has 2 amide bonds. The molecule has 0 aliphatic heterocycles. The number of esters is 1. The average Bonchev–Trinajstić information content (AvgIpc) is 2.72. The molecule has 0 spiro atoms. The monoisotopic (exact) mass is 388 g/mol. The van der Waals surface area contributed by atoms with Gasteiger partial charge in [0.05, 0.1) is 0 Å². The Morgan fingerprint density at radius 2 is 1.52 bits per heavy atom. The molecule has 0 saturated heterocycles. The molecule has 2 N–H and O–H groups in total. The molecule has 3 aromatic rings. The van der Waals surface area contributed by atoms with Crippen LogP contribution in [0.5, 0.6) is 5.75 Å². The molecule has 3 aromatic carbocycles. The van der Waals surface area contributed by atoms with E-state index in [9.17, 15) is 14.4 Å². The molecule has 0 fully saturated rings. The zero-order valence-electron chi connectivity index (χ0n) is 15.8. The first-order valence-electron chi connectivity index (χ1n) is 9.03. The number of carbonyl (C=O) groups is 3. The standard InChI is InChI=1S/C23H20N2O4/c1-16(26)29-21-12-6-10-19(14-21)23(28)25-20-11-5-7-17(13-20)15-24-22(27)18-8-3-2-4-9-18/h2-14H,15H2,1H3,(H,24,27)(H,25,28). The number of nitrogens with one attached hydrogen (secondary N) is 2. The molecule has 6 heteroatoms. The zero-order valence-corrected chi connectivity index (χ0v) is 15.8. The smallest absolute Gasteiger partial charge is 0.308 e. The fourth-order valence-electron chi connectivity index (χ4n) is 2.70. The molecule has 0 saturated carbocycles. The Hall–Kier alpha value is -3.93. The Morgan fingerprint density at radius 1 is 0.793 bits per heavy atom. The number of carbonyl (C=O) groups excluding carboxylic acids is 3. The Balaban J connectivity index is 1.63. The number of benzene rings is 3. The lowest BCUT2D eigenvalue weighted by Gasteiger charge is -2.10. The van der Waals surface area contributed by atoms with Crippen LogP contribution in [0.2, 0.25) is 0 Å². The van der Waals surface area contributed by atoms with E-state index >= 15 is 0 Å². The van der Waals surface area contributed by atoms with E-state index < -0.39 is 5.97 Å².